The van der Waals surface area contributed by atoms with Gasteiger partial charge in [0.15, 0.2) is 5.16 Å². The van der Waals surface area contributed by atoms with Crippen LogP contribution >= 0.6 is 11.8 Å². The van der Waals surface area contributed by atoms with Gasteiger partial charge < -0.3 is 14.5 Å². The second-order valence-corrected chi connectivity index (χ2v) is 10.6. The normalized spacial score (nSPS) is 18.8. The Morgan fingerprint density at radius 1 is 1.06 bits per heavy atom. The van der Waals surface area contributed by atoms with Crippen molar-refractivity contribution < 1.29 is 14.3 Å². The van der Waals surface area contributed by atoms with Crippen molar-refractivity contribution in [2.75, 3.05) is 31.1 Å². The summed E-state index contributed by atoms with van der Waals surface area (Å²) in [4.78, 5) is 39.1. The van der Waals surface area contributed by atoms with Crippen molar-refractivity contribution >= 4 is 29.5 Å². The molecule has 1 aromatic heterocycles. The zero-order valence-electron chi connectivity index (χ0n) is 21.7. The van der Waals surface area contributed by atoms with Gasteiger partial charge in [0, 0.05) is 48.8 Å². The van der Waals surface area contributed by atoms with Gasteiger partial charge in [0.2, 0.25) is 0 Å². The van der Waals surface area contributed by atoms with E-state index in [9.17, 15) is 9.59 Å². The number of rotatable bonds is 8. The van der Waals surface area contributed by atoms with Crippen LogP contribution in [-0.2, 0) is 21.7 Å². The molecule has 1 unspecified atom stereocenters. The van der Waals surface area contributed by atoms with Crippen LogP contribution in [0, 0.1) is 5.92 Å². The van der Waals surface area contributed by atoms with E-state index in [-0.39, 0.29) is 17.8 Å². The Hall–Kier alpha value is -2.61. The van der Waals surface area contributed by atoms with E-state index < -0.39 is 0 Å². The molecule has 1 amide bonds. The first kappa shape index (κ1) is 26.5. The quantitative estimate of drug-likeness (QED) is 0.277. The van der Waals surface area contributed by atoms with Gasteiger partial charge >= 0.3 is 5.97 Å². The van der Waals surface area contributed by atoms with E-state index in [0.717, 1.165) is 35.2 Å². The van der Waals surface area contributed by atoms with Gasteiger partial charge in [-0.2, -0.15) is 0 Å². The van der Waals surface area contributed by atoms with E-state index in [0.29, 0.717) is 49.9 Å². The van der Waals surface area contributed by atoms with Crippen LogP contribution in [0.25, 0.3) is 0 Å². The fraction of sp³-hybridized carbons (Fsp3) is 0.571. The van der Waals surface area contributed by atoms with Crippen LogP contribution in [0.1, 0.15) is 74.5 Å². The van der Waals surface area contributed by atoms with Crippen LogP contribution in [0.15, 0.2) is 35.5 Å². The maximum atomic E-state index is 13.1. The molecule has 3 heterocycles. The van der Waals surface area contributed by atoms with Gasteiger partial charge in [-0.15, -0.1) is 0 Å². The van der Waals surface area contributed by atoms with Crippen LogP contribution in [0.2, 0.25) is 0 Å². The maximum absolute atomic E-state index is 13.1. The summed E-state index contributed by atoms with van der Waals surface area (Å²) in [7, 11) is 0. The lowest BCUT2D eigenvalue weighted by atomic mass is 9.96. The minimum Gasteiger partial charge on any atom is -0.466 e. The standard InChI is InChI=1S/C28H38N4O3S/c1-4-24-18-25(32-14-7-6-9-20(32)3)30-28(29-24)36-19-21-10-8-11-23(17-21)26(33)31-15-12-22(13-16-31)27(34)35-5-2/h8,10-11,17-18,20,22H,4-7,9,12-16,19H2,1-3H3. The number of aryl methyl sites for hydroxylation is 1. The molecule has 0 radical (unpaired) electrons. The Morgan fingerprint density at radius 2 is 1.86 bits per heavy atom. The third-order valence-electron chi connectivity index (χ3n) is 7.15. The fourth-order valence-electron chi connectivity index (χ4n) is 4.99. The molecule has 0 bridgehead atoms. The highest BCUT2D eigenvalue weighted by Crippen LogP contribution is 2.28. The number of esters is 1. The highest BCUT2D eigenvalue weighted by Gasteiger charge is 2.28. The van der Waals surface area contributed by atoms with Gasteiger partial charge in [-0.1, -0.05) is 30.8 Å². The predicted octanol–water partition coefficient (Wildman–Crippen LogP) is 5.13. The van der Waals surface area contributed by atoms with Crippen molar-refractivity contribution in [2.45, 2.75) is 76.2 Å². The van der Waals surface area contributed by atoms with E-state index >= 15 is 0 Å². The number of carbonyl (C=O) groups excluding carboxylic acids is 2. The molecule has 8 heteroatoms. The number of nitrogens with zero attached hydrogens (tertiary/aromatic N) is 4. The Morgan fingerprint density at radius 3 is 2.58 bits per heavy atom. The molecule has 0 saturated carbocycles. The van der Waals surface area contributed by atoms with Gasteiger partial charge in [-0.3, -0.25) is 9.59 Å². The lowest BCUT2D eigenvalue weighted by molar-refractivity contribution is -0.149. The van der Waals surface area contributed by atoms with E-state index in [1.807, 2.05) is 36.1 Å². The molecular weight excluding hydrogens is 472 g/mol. The summed E-state index contributed by atoms with van der Waals surface area (Å²) < 4.78 is 5.14. The van der Waals surface area contributed by atoms with E-state index in [4.69, 9.17) is 14.7 Å². The monoisotopic (exact) mass is 510 g/mol. The minimum absolute atomic E-state index is 0.0229. The molecule has 0 N–H and O–H groups in total. The topological polar surface area (TPSA) is 75.6 Å². The molecule has 2 aliphatic heterocycles. The molecule has 1 atom stereocenters. The summed E-state index contributed by atoms with van der Waals surface area (Å²) in [5, 5.41) is 0.792. The summed E-state index contributed by atoms with van der Waals surface area (Å²) >= 11 is 1.62. The average molecular weight is 511 g/mol. The molecule has 0 spiro atoms. The summed E-state index contributed by atoms with van der Waals surface area (Å²) in [6.45, 7) is 8.84. The molecule has 194 valence electrons. The SMILES string of the molecule is CCOC(=O)C1CCN(C(=O)c2cccc(CSc3nc(CC)cc(N4CCCCC4C)n3)c2)CC1. The van der Waals surface area contributed by atoms with Crippen molar-refractivity contribution in [1.82, 2.24) is 14.9 Å². The predicted molar refractivity (Wildman–Crippen MR) is 143 cm³/mol. The number of ether oxygens (including phenoxy) is 1. The summed E-state index contributed by atoms with van der Waals surface area (Å²) in [5.74, 6) is 1.51. The lowest BCUT2D eigenvalue weighted by Crippen LogP contribution is -2.40. The van der Waals surface area contributed by atoms with Crippen molar-refractivity contribution in [3.05, 3.63) is 47.2 Å². The van der Waals surface area contributed by atoms with Crippen LogP contribution in [0.4, 0.5) is 5.82 Å². The second kappa shape index (κ2) is 12.6. The van der Waals surface area contributed by atoms with Crippen molar-refractivity contribution in [3.8, 4) is 0 Å². The fourth-order valence-corrected chi connectivity index (χ4v) is 5.81. The molecule has 1 aromatic carbocycles. The third-order valence-corrected chi connectivity index (χ3v) is 8.07. The third kappa shape index (κ3) is 6.58. The minimum atomic E-state index is -0.143. The number of piperidine rings is 2. The van der Waals surface area contributed by atoms with Gasteiger partial charge in [0.25, 0.3) is 5.91 Å². The van der Waals surface area contributed by atoms with Crippen molar-refractivity contribution in [3.63, 3.8) is 0 Å². The molecule has 36 heavy (non-hydrogen) atoms. The molecule has 0 aliphatic carbocycles. The number of anilines is 1. The highest BCUT2D eigenvalue weighted by molar-refractivity contribution is 7.98. The first-order valence-corrected chi connectivity index (χ1v) is 14.3. The molecule has 2 saturated heterocycles. The Bertz CT molecular complexity index is 1050. The molecular formula is C28H38N4O3S. The van der Waals surface area contributed by atoms with Gasteiger partial charge in [-0.05, 0) is 70.1 Å². The molecule has 2 fully saturated rings. The van der Waals surface area contributed by atoms with E-state index in [2.05, 4.69) is 24.8 Å². The molecule has 4 rings (SSSR count). The summed E-state index contributed by atoms with van der Waals surface area (Å²) in [6, 6.07) is 10.5. The van der Waals surface area contributed by atoms with Gasteiger partial charge in [0.05, 0.1) is 12.5 Å². The summed E-state index contributed by atoms with van der Waals surface area (Å²) in [5.41, 5.74) is 2.83. The number of amides is 1. The smallest absolute Gasteiger partial charge is 0.309 e. The van der Waals surface area contributed by atoms with Gasteiger partial charge in [0.1, 0.15) is 5.82 Å². The number of carbonyl (C=O) groups is 2. The highest BCUT2D eigenvalue weighted by atomic mass is 32.2. The van der Waals surface area contributed by atoms with Crippen molar-refractivity contribution in [2.24, 2.45) is 5.92 Å². The van der Waals surface area contributed by atoms with Gasteiger partial charge in [-0.25, -0.2) is 9.97 Å². The largest absolute Gasteiger partial charge is 0.466 e. The molecule has 2 aromatic rings. The van der Waals surface area contributed by atoms with Crippen LogP contribution in [0.5, 0.6) is 0 Å². The van der Waals surface area contributed by atoms with Crippen LogP contribution in [-0.4, -0.2) is 59.0 Å². The van der Waals surface area contributed by atoms with Crippen LogP contribution in [0.3, 0.4) is 0 Å². The number of aromatic nitrogens is 2. The Balaban J connectivity index is 1.39. The lowest BCUT2D eigenvalue weighted by Gasteiger charge is -2.34. The Kier molecular flexibility index (Phi) is 9.24. The maximum Gasteiger partial charge on any atom is 0.309 e. The van der Waals surface area contributed by atoms with Crippen LogP contribution < -0.4 is 4.90 Å². The van der Waals surface area contributed by atoms with E-state index in [1.54, 1.807) is 11.8 Å². The first-order valence-electron chi connectivity index (χ1n) is 13.3. The first-order chi connectivity index (χ1) is 17.5. The molecule has 2 aliphatic rings. The second-order valence-electron chi connectivity index (χ2n) is 9.70. The number of likely N-dealkylation sites (tertiary alicyclic amines) is 1. The Labute approximate surface area is 219 Å². The number of hydrogen-bond acceptors (Lipinski definition) is 7. The molecule has 7 nitrogen and oxygen atoms in total. The zero-order chi connectivity index (χ0) is 25.5. The number of thioether (sulfide) groups is 1. The van der Waals surface area contributed by atoms with Crippen molar-refractivity contribution in [1.29, 1.82) is 0 Å². The number of hydrogen-bond donors (Lipinski definition) is 0. The average Bonchev–Trinajstić information content (AvgIpc) is 2.92. The zero-order valence-corrected chi connectivity index (χ0v) is 22.6. The summed E-state index contributed by atoms with van der Waals surface area (Å²) in [6.07, 6.45) is 5.88. The number of benzene rings is 1. The van der Waals surface area contributed by atoms with E-state index in [1.165, 1.54) is 19.3 Å².